The Labute approximate surface area is 191 Å². The number of rotatable bonds is 9. The van der Waals surface area contributed by atoms with Crippen LogP contribution in [0.3, 0.4) is 0 Å². The molecule has 1 amide bonds. The Hall–Kier alpha value is -3.18. The van der Waals surface area contributed by atoms with Gasteiger partial charge in [0.1, 0.15) is 18.8 Å². The van der Waals surface area contributed by atoms with Gasteiger partial charge in [-0.2, -0.15) is 0 Å². The molecule has 5 atom stereocenters. The molecular formula is C22H30N2O9. The van der Waals surface area contributed by atoms with Crippen molar-refractivity contribution in [1.82, 2.24) is 5.32 Å². The van der Waals surface area contributed by atoms with E-state index < -0.39 is 54.5 Å². The summed E-state index contributed by atoms with van der Waals surface area (Å²) in [6, 6.07) is 6.25. The van der Waals surface area contributed by atoms with E-state index in [1.165, 1.54) is 27.7 Å². The molecule has 1 aliphatic heterocycles. The molecule has 33 heavy (non-hydrogen) atoms. The first-order valence-electron chi connectivity index (χ1n) is 10.4. The number of nitrogen functional groups attached to an aromatic ring is 1. The molecule has 0 saturated carbocycles. The van der Waals surface area contributed by atoms with Gasteiger partial charge in [0.05, 0.1) is 6.61 Å². The highest BCUT2D eigenvalue weighted by Gasteiger charge is 2.51. The highest BCUT2D eigenvalue weighted by Crippen LogP contribution is 2.28. The average molecular weight is 466 g/mol. The predicted molar refractivity (Wildman–Crippen MR) is 115 cm³/mol. The molecule has 2 rings (SSSR count). The topological polar surface area (TPSA) is 152 Å². The Morgan fingerprint density at radius 3 is 2.09 bits per heavy atom. The van der Waals surface area contributed by atoms with Crippen molar-refractivity contribution in [3.8, 4) is 0 Å². The summed E-state index contributed by atoms with van der Waals surface area (Å²) < 4.78 is 27.6. The van der Waals surface area contributed by atoms with Crippen molar-refractivity contribution in [3.63, 3.8) is 0 Å². The fraction of sp³-hybridized carbons (Fsp3) is 0.545. The Kier molecular flexibility index (Phi) is 9.61. The van der Waals surface area contributed by atoms with Crippen LogP contribution in [0.25, 0.3) is 0 Å². The van der Waals surface area contributed by atoms with Gasteiger partial charge in [0.25, 0.3) is 0 Å². The Balaban J connectivity index is 2.27. The molecule has 1 aromatic carbocycles. The molecule has 0 radical (unpaired) electrons. The van der Waals surface area contributed by atoms with Gasteiger partial charge >= 0.3 is 17.9 Å². The lowest BCUT2D eigenvalue weighted by atomic mass is 9.96. The molecule has 0 spiro atoms. The molecule has 11 nitrogen and oxygen atoms in total. The number of ether oxygens (including phenoxy) is 5. The molecule has 1 aromatic rings. The van der Waals surface area contributed by atoms with Crippen molar-refractivity contribution in [2.75, 3.05) is 18.9 Å². The number of carbonyl (C=O) groups excluding carboxylic acids is 4. The Bertz CT molecular complexity index is 843. The molecule has 1 aliphatic rings. The second-order valence-electron chi connectivity index (χ2n) is 7.58. The van der Waals surface area contributed by atoms with Crippen LogP contribution < -0.4 is 11.1 Å². The number of hydrogen-bond acceptors (Lipinski definition) is 10. The van der Waals surface area contributed by atoms with Crippen LogP contribution in [0.2, 0.25) is 0 Å². The molecule has 5 unspecified atom stereocenters. The smallest absolute Gasteiger partial charge is 0.303 e. The maximum atomic E-state index is 11.9. The van der Waals surface area contributed by atoms with Crippen LogP contribution >= 0.6 is 0 Å². The van der Waals surface area contributed by atoms with E-state index in [4.69, 9.17) is 29.4 Å². The van der Waals surface area contributed by atoms with Crippen LogP contribution in [0.1, 0.15) is 33.3 Å². The average Bonchev–Trinajstić information content (AvgIpc) is 2.71. The molecular weight excluding hydrogens is 436 g/mol. The molecule has 11 heteroatoms. The van der Waals surface area contributed by atoms with Crippen molar-refractivity contribution in [2.24, 2.45) is 0 Å². The van der Waals surface area contributed by atoms with E-state index in [0.29, 0.717) is 12.1 Å². The standard InChI is InChI=1S/C22H30N2O9/c1-12(25)24-19-21(32-15(4)28)20(31-14(3)27)18(11-30-13(2)26)33-22(19)29-10-9-16-5-7-17(23)8-6-16/h5-8,18-22H,9-11,23H2,1-4H3,(H,24,25). The second kappa shape index (κ2) is 12.2. The normalized spacial score (nSPS) is 24.4. The van der Waals surface area contributed by atoms with Crippen molar-refractivity contribution < 1.29 is 42.9 Å². The Morgan fingerprint density at radius 1 is 0.939 bits per heavy atom. The lowest BCUT2D eigenvalue weighted by Gasteiger charge is -2.44. The number of anilines is 1. The van der Waals surface area contributed by atoms with Crippen molar-refractivity contribution >= 4 is 29.5 Å². The number of carbonyl (C=O) groups is 4. The zero-order valence-corrected chi connectivity index (χ0v) is 19.1. The maximum Gasteiger partial charge on any atom is 0.303 e. The van der Waals surface area contributed by atoms with Crippen LogP contribution in [0.5, 0.6) is 0 Å². The first-order chi connectivity index (χ1) is 15.6. The van der Waals surface area contributed by atoms with Gasteiger partial charge in [0, 0.05) is 33.4 Å². The van der Waals surface area contributed by atoms with Crippen LogP contribution in [-0.2, 0) is 49.3 Å². The van der Waals surface area contributed by atoms with E-state index in [1.807, 2.05) is 12.1 Å². The molecule has 3 N–H and O–H groups in total. The predicted octanol–water partition coefficient (Wildman–Crippen LogP) is 0.484. The van der Waals surface area contributed by atoms with Crippen molar-refractivity contribution in [1.29, 1.82) is 0 Å². The maximum absolute atomic E-state index is 11.9. The zero-order chi connectivity index (χ0) is 24.5. The summed E-state index contributed by atoms with van der Waals surface area (Å²) in [6.45, 7) is 4.76. The first kappa shape index (κ1) is 26.1. The summed E-state index contributed by atoms with van der Waals surface area (Å²) in [5, 5.41) is 2.65. The highest BCUT2D eigenvalue weighted by atomic mass is 16.7. The number of nitrogens with one attached hydrogen (secondary N) is 1. The van der Waals surface area contributed by atoms with E-state index >= 15 is 0 Å². The van der Waals surface area contributed by atoms with Gasteiger partial charge in [0.2, 0.25) is 5.91 Å². The number of hydrogen-bond donors (Lipinski definition) is 2. The SMILES string of the molecule is CC(=O)NC1C(OCCc2ccc(N)cc2)OC(COC(C)=O)C(OC(C)=O)C1OC(C)=O. The molecule has 0 aromatic heterocycles. The third kappa shape index (κ3) is 8.35. The second-order valence-corrected chi connectivity index (χ2v) is 7.58. The minimum atomic E-state index is -1.15. The van der Waals surface area contributed by atoms with E-state index in [2.05, 4.69) is 5.32 Å². The molecule has 1 fully saturated rings. The summed E-state index contributed by atoms with van der Waals surface area (Å²) in [4.78, 5) is 46.8. The lowest BCUT2D eigenvalue weighted by molar-refractivity contribution is -0.277. The number of nitrogens with two attached hydrogens (primary N) is 1. The van der Waals surface area contributed by atoms with E-state index in [0.717, 1.165) is 5.56 Å². The summed E-state index contributed by atoms with van der Waals surface area (Å²) in [7, 11) is 0. The highest BCUT2D eigenvalue weighted by molar-refractivity contribution is 5.73. The molecule has 182 valence electrons. The lowest BCUT2D eigenvalue weighted by Crippen LogP contribution is -2.66. The largest absolute Gasteiger partial charge is 0.463 e. The number of amides is 1. The van der Waals surface area contributed by atoms with E-state index in [9.17, 15) is 19.2 Å². The molecule has 0 bridgehead atoms. The summed E-state index contributed by atoms with van der Waals surface area (Å²) in [6.07, 6.45) is -3.88. The quantitative estimate of drug-likeness (QED) is 0.299. The summed E-state index contributed by atoms with van der Waals surface area (Å²) in [5.41, 5.74) is 7.29. The number of esters is 3. The molecule has 0 aliphatic carbocycles. The molecule has 1 saturated heterocycles. The van der Waals surface area contributed by atoms with Crippen LogP contribution in [0, 0.1) is 0 Å². The van der Waals surface area contributed by atoms with Crippen molar-refractivity contribution in [2.45, 2.75) is 64.8 Å². The van der Waals surface area contributed by atoms with Crippen molar-refractivity contribution in [3.05, 3.63) is 29.8 Å². The number of benzene rings is 1. The summed E-state index contributed by atoms with van der Waals surface area (Å²) in [5.74, 6) is -2.35. The van der Waals surface area contributed by atoms with Gasteiger partial charge in [-0.25, -0.2) is 0 Å². The fourth-order valence-electron chi connectivity index (χ4n) is 3.41. The monoisotopic (exact) mass is 466 g/mol. The van der Waals surface area contributed by atoms with Gasteiger partial charge in [-0.1, -0.05) is 12.1 Å². The zero-order valence-electron chi connectivity index (χ0n) is 19.1. The fourth-order valence-corrected chi connectivity index (χ4v) is 3.41. The summed E-state index contributed by atoms with van der Waals surface area (Å²) >= 11 is 0. The minimum absolute atomic E-state index is 0.190. The van der Waals surface area contributed by atoms with Gasteiger partial charge < -0.3 is 34.7 Å². The van der Waals surface area contributed by atoms with E-state index in [1.54, 1.807) is 12.1 Å². The van der Waals surface area contributed by atoms with Gasteiger partial charge in [-0.15, -0.1) is 0 Å². The van der Waals surface area contributed by atoms with Gasteiger partial charge in [-0.3, -0.25) is 19.2 Å². The van der Waals surface area contributed by atoms with Crippen LogP contribution in [-0.4, -0.2) is 67.7 Å². The minimum Gasteiger partial charge on any atom is -0.463 e. The Morgan fingerprint density at radius 2 is 1.55 bits per heavy atom. The van der Waals surface area contributed by atoms with Crippen LogP contribution in [0.15, 0.2) is 24.3 Å². The van der Waals surface area contributed by atoms with Gasteiger partial charge in [-0.05, 0) is 24.1 Å². The van der Waals surface area contributed by atoms with E-state index in [-0.39, 0.29) is 13.2 Å². The van der Waals surface area contributed by atoms with Crippen LogP contribution in [0.4, 0.5) is 5.69 Å². The molecule has 1 heterocycles. The third-order valence-electron chi connectivity index (χ3n) is 4.72. The first-order valence-corrected chi connectivity index (χ1v) is 10.4. The third-order valence-corrected chi connectivity index (χ3v) is 4.72. The van der Waals surface area contributed by atoms with Gasteiger partial charge in [0.15, 0.2) is 18.5 Å².